The molecule has 0 unspecified atom stereocenters. The number of nitrogen functional groups attached to an aromatic ring is 1. The number of aromatic nitrogens is 1. The number of nitrogens with zero attached hydrogens (tertiary/aromatic N) is 1. The molecule has 0 aliphatic rings. The van der Waals surface area contributed by atoms with Crippen molar-refractivity contribution in [1.29, 1.82) is 0 Å². The summed E-state index contributed by atoms with van der Waals surface area (Å²) in [5.74, 6) is 0.610. The second-order valence-corrected chi connectivity index (χ2v) is 4.99. The van der Waals surface area contributed by atoms with Gasteiger partial charge in [0.05, 0.1) is 35.2 Å². The summed E-state index contributed by atoms with van der Waals surface area (Å²) in [5.41, 5.74) is 9.19. The first kappa shape index (κ1) is 13.5. The lowest BCUT2D eigenvalue weighted by atomic mass is 10.1. The molecule has 106 valence electrons. The molecule has 0 radical (unpaired) electrons. The van der Waals surface area contributed by atoms with Gasteiger partial charge in [-0.25, -0.2) is 0 Å². The number of nitrogens with two attached hydrogens (primary N) is 1. The molecule has 0 atom stereocenters. The zero-order valence-corrected chi connectivity index (χ0v) is 12.2. The van der Waals surface area contributed by atoms with Crippen LogP contribution in [0.15, 0.2) is 48.7 Å². The van der Waals surface area contributed by atoms with Crippen molar-refractivity contribution in [1.82, 2.24) is 4.98 Å². The second kappa shape index (κ2) is 5.50. The molecule has 4 nitrogen and oxygen atoms in total. The van der Waals surface area contributed by atoms with E-state index in [2.05, 4.69) is 10.3 Å². The Morgan fingerprint density at radius 2 is 2.00 bits per heavy atom. The van der Waals surface area contributed by atoms with Gasteiger partial charge in [0.15, 0.2) is 0 Å². The molecule has 0 saturated carbocycles. The lowest BCUT2D eigenvalue weighted by molar-refractivity contribution is 0.415. The van der Waals surface area contributed by atoms with Gasteiger partial charge in [-0.2, -0.15) is 0 Å². The van der Waals surface area contributed by atoms with Crippen LogP contribution in [0.25, 0.3) is 10.9 Å². The van der Waals surface area contributed by atoms with Gasteiger partial charge >= 0.3 is 0 Å². The largest absolute Gasteiger partial charge is 0.495 e. The van der Waals surface area contributed by atoms with Crippen LogP contribution < -0.4 is 15.8 Å². The molecule has 1 heterocycles. The number of fused-ring (bicyclic) bond motifs is 1. The Balaban J connectivity index is 2.07. The standard InChI is InChI=1S/C16H14ClN3O/c1-21-15-8-10(6-7-12(15)17)20-16-11-4-2-3-5-14(11)19-9-13(16)18/h2-9H,18H2,1H3,(H,19,20). The molecule has 21 heavy (non-hydrogen) atoms. The zero-order valence-electron chi connectivity index (χ0n) is 11.4. The third-order valence-electron chi connectivity index (χ3n) is 3.23. The Morgan fingerprint density at radius 3 is 2.81 bits per heavy atom. The molecule has 3 aromatic rings. The van der Waals surface area contributed by atoms with Gasteiger partial charge in [-0.1, -0.05) is 29.8 Å². The number of para-hydroxylation sites is 1. The molecule has 0 spiro atoms. The summed E-state index contributed by atoms with van der Waals surface area (Å²) in [6, 6.07) is 13.3. The monoisotopic (exact) mass is 299 g/mol. The Labute approximate surface area is 127 Å². The number of pyridine rings is 1. The Hall–Kier alpha value is -2.46. The summed E-state index contributed by atoms with van der Waals surface area (Å²) in [6.07, 6.45) is 1.65. The van der Waals surface area contributed by atoms with E-state index in [1.807, 2.05) is 36.4 Å². The molecule has 0 fully saturated rings. The molecule has 0 aliphatic carbocycles. The molecule has 0 amide bonds. The van der Waals surface area contributed by atoms with E-state index in [4.69, 9.17) is 22.1 Å². The minimum atomic E-state index is 0.565. The molecule has 0 saturated heterocycles. The lowest BCUT2D eigenvalue weighted by Crippen LogP contribution is -1.99. The summed E-state index contributed by atoms with van der Waals surface area (Å²) in [7, 11) is 1.58. The normalized spacial score (nSPS) is 10.6. The maximum Gasteiger partial charge on any atom is 0.139 e. The van der Waals surface area contributed by atoms with Crippen LogP contribution in [0.5, 0.6) is 5.75 Å². The third-order valence-corrected chi connectivity index (χ3v) is 3.54. The molecular formula is C16H14ClN3O. The van der Waals surface area contributed by atoms with Gasteiger partial charge in [-0.3, -0.25) is 4.98 Å². The number of anilines is 3. The van der Waals surface area contributed by atoms with E-state index in [1.165, 1.54) is 0 Å². The smallest absolute Gasteiger partial charge is 0.139 e. The maximum atomic E-state index is 6.05. The Morgan fingerprint density at radius 1 is 1.19 bits per heavy atom. The first-order chi connectivity index (χ1) is 10.2. The van der Waals surface area contributed by atoms with Crippen molar-refractivity contribution >= 4 is 39.6 Å². The van der Waals surface area contributed by atoms with Crippen LogP contribution in [0.4, 0.5) is 17.1 Å². The average Bonchev–Trinajstić information content (AvgIpc) is 2.52. The predicted molar refractivity (Wildman–Crippen MR) is 87.4 cm³/mol. The molecule has 1 aromatic heterocycles. The van der Waals surface area contributed by atoms with Crippen LogP contribution >= 0.6 is 11.6 Å². The molecule has 3 N–H and O–H groups in total. The van der Waals surface area contributed by atoms with E-state index >= 15 is 0 Å². The fourth-order valence-electron chi connectivity index (χ4n) is 2.18. The molecule has 5 heteroatoms. The Bertz CT molecular complexity index is 805. The number of hydrogen-bond acceptors (Lipinski definition) is 4. The van der Waals surface area contributed by atoms with Crippen molar-refractivity contribution in [2.24, 2.45) is 0 Å². The van der Waals surface area contributed by atoms with E-state index in [1.54, 1.807) is 19.4 Å². The van der Waals surface area contributed by atoms with Crippen molar-refractivity contribution in [3.8, 4) is 5.75 Å². The highest BCUT2D eigenvalue weighted by atomic mass is 35.5. The number of ether oxygens (including phenoxy) is 1. The van der Waals surface area contributed by atoms with Gasteiger partial charge in [-0.05, 0) is 18.2 Å². The second-order valence-electron chi connectivity index (χ2n) is 4.58. The minimum Gasteiger partial charge on any atom is -0.495 e. The number of nitrogens with one attached hydrogen (secondary N) is 1. The van der Waals surface area contributed by atoms with Crippen molar-refractivity contribution in [2.75, 3.05) is 18.2 Å². The number of benzene rings is 2. The highest BCUT2D eigenvalue weighted by Crippen LogP contribution is 2.33. The van der Waals surface area contributed by atoms with Gasteiger partial charge < -0.3 is 15.8 Å². The van der Waals surface area contributed by atoms with Crippen LogP contribution in [-0.2, 0) is 0 Å². The van der Waals surface area contributed by atoms with Gasteiger partial charge in [0, 0.05) is 17.1 Å². The predicted octanol–water partition coefficient (Wildman–Crippen LogP) is 4.22. The van der Waals surface area contributed by atoms with Crippen molar-refractivity contribution in [2.45, 2.75) is 0 Å². The lowest BCUT2D eigenvalue weighted by Gasteiger charge is -2.13. The topological polar surface area (TPSA) is 60.2 Å². The Kier molecular flexibility index (Phi) is 3.54. The molecule has 3 rings (SSSR count). The summed E-state index contributed by atoms with van der Waals surface area (Å²) in [4.78, 5) is 4.32. The zero-order chi connectivity index (χ0) is 14.8. The van der Waals surface area contributed by atoms with E-state index in [-0.39, 0.29) is 0 Å². The first-order valence-electron chi connectivity index (χ1n) is 6.43. The molecule has 0 aliphatic heterocycles. The van der Waals surface area contributed by atoms with Crippen LogP contribution in [0, 0.1) is 0 Å². The van der Waals surface area contributed by atoms with Crippen molar-refractivity contribution in [3.63, 3.8) is 0 Å². The molecular weight excluding hydrogens is 286 g/mol. The SMILES string of the molecule is COc1cc(Nc2c(N)cnc3ccccc23)ccc1Cl. The van der Waals surface area contributed by atoms with E-state index in [0.29, 0.717) is 16.5 Å². The van der Waals surface area contributed by atoms with Gasteiger partial charge in [0.1, 0.15) is 5.75 Å². The van der Waals surface area contributed by atoms with Crippen LogP contribution in [0.1, 0.15) is 0 Å². The quantitative estimate of drug-likeness (QED) is 0.760. The number of halogens is 1. The van der Waals surface area contributed by atoms with Crippen LogP contribution in [0.2, 0.25) is 5.02 Å². The van der Waals surface area contributed by atoms with Gasteiger partial charge in [-0.15, -0.1) is 0 Å². The van der Waals surface area contributed by atoms with E-state index < -0.39 is 0 Å². The first-order valence-corrected chi connectivity index (χ1v) is 6.80. The fraction of sp³-hybridized carbons (Fsp3) is 0.0625. The van der Waals surface area contributed by atoms with Crippen molar-refractivity contribution < 1.29 is 4.74 Å². The summed E-state index contributed by atoms with van der Waals surface area (Å²) in [5, 5.41) is 4.84. The summed E-state index contributed by atoms with van der Waals surface area (Å²) in [6.45, 7) is 0. The highest BCUT2D eigenvalue weighted by Gasteiger charge is 2.08. The average molecular weight is 300 g/mol. The van der Waals surface area contributed by atoms with Crippen LogP contribution in [0.3, 0.4) is 0 Å². The number of methoxy groups -OCH3 is 1. The summed E-state index contributed by atoms with van der Waals surface area (Å²) < 4.78 is 5.23. The highest BCUT2D eigenvalue weighted by molar-refractivity contribution is 6.32. The molecule has 2 aromatic carbocycles. The summed E-state index contributed by atoms with van der Waals surface area (Å²) >= 11 is 6.04. The number of hydrogen-bond donors (Lipinski definition) is 2. The maximum absolute atomic E-state index is 6.05. The van der Waals surface area contributed by atoms with Gasteiger partial charge in [0.2, 0.25) is 0 Å². The van der Waals surface area contributed by atoms with Crippen LogP contribution in [-0.4, -0.2) is 12.1 Å². The van der Waals surface area contributed by atoms with Gasteiger partial charge in [0.25, 0.3) is 0 Å². The van der Waals surface area contributed by atoms with E-state index in [0.717, 1.165) is 22.3 Å². The molecule has 0 bridgehead atoms. The fourth-order valence-corrected chi connectivity index (χ4v) is 2.37. The van der Waals surface area contributed by atoms with Crippen molar-refractivity contribution in [3.05, 3.63) is 53.7 Å². The minimum absolute atomic E-state index is 0.565. The third kappa shape index (κ3) is 2.58. The van der Waals surface area contributed by atoms with E-state index in [9.17, 15) is 0 Å². The number of rotatable bonds is 3.